The number of thiocarbonyl (C=S) groups is 1. The molecule has 0 heterocycles. The predicted molar refractivity (Wildman–Crippen MR) is 98.0 cm³/mol. The van der Waals surface area contributed by atoms with Gasteiger partial charge in [-0.15, -0.1) is 0 Å². The van der Waals surface area contributed by atoms with Gasteiger partial charge in [0.1, 0.15) is 0 Å². The van der Waals surface area contributed by atoms with Crippen molar-refractivity contribution in [2.45, 2.75) is 4.90 Å². The van der Waals surface area contributed by atoms with E-state index in [9.17, 15) is 13.2 Å². The van der Waals surface area contributed by atoms with Crippen molar-refractivity contribution in [2.75, 3.05) is 5.32 Å². The summed E-state index contributed by atoms with van der Waals surface area (Å²) in [6.07, 6.45) is 0. The van der Waals surface area contributed by atoms with Gasteiger partial charge in [-0.25, -0.2) is 13.6 Å². The Balaban J connectivity index is 2.02. The van der Waals surface area contributed by atoms with Gasteiger partial charge in [-0.2, -0.15) is 0 Å². The van der Waals surface area contributed by atoms with Gasteiger partial charge in [0.05, 0.1) is 14.9 Å². The van der Waals surface area contributed by atoms with Crippen LogP contribution in [0.25, 0.3) is 0 Å². The Morgan fingerprint density at radius 3 is 2.21 bits per heavy atom. The molecule has 0 radical (unpaired) electrons. The average molecular weight is 404 g/mol. The monoisotopic (exact) mass is 403 g/mol. The number of hydrogen-bond acceptors (Lipinski definition) is 4. The summed E-state index contributed by atoms with van der Waals surface area (Å²) in [6, 6.07) is 10.0. The molecule has 10 heteroatoms. The lowest BCUT2D eigenvalue weighted by molar-refractivity contribution is 0.0977. The van der Waals surface area contributed by atoms with Crippen molar-refractivity contribution < 1.29 is 13.2 Å². The fraction of sp³-hybridized carbons (Fsp3) is 0. The fourth-order valence-corrected chi connectivity index (χ4v) is 2.73. The number of sulfonamides is 1. The minimum atomic E-state index is -3.76. The van der Waals surface area contributed by atoms with Gasteiger partial charge in [-0.05, 0) is 54.7 Å². The van der Waals surface area contributed by atoms with E-state index in [-0.39, 0.29) is 20.6 Å². The van der Waals surface area contributed by atoms with Gasteiger partial charge in [0.2, 0.25) is 10.0 Å². The Hall–Kier alpha value is -1.71. The van der Waals surface area contributed by atoms with E-state index < -0.39 is 15.9 Å². The van der Waals surface area contributed by atoms with E-state index >= 15 is 0 Å². The van der Waals surface area contributed by atoms with E-state index in [4.69, 9.17) is 40.6 Å². The quantitative estimate of drug-likeness (QED) is 0.683. The van der Waals surface area contributed by atoms with Crippen LogP contribution in [0, 0.1) is 0 Å². The number of halogens is 2. The van der Waals surface area contributed by atoms with Crippen LogP contribution in [-0.2, 0) is 10.0 Å². The molecular weight excluding hydrogens is 393 g/mol. The first-order valence-electron chi connectivity index (χ1n) is 6.37. The number of primary sulfonamides is 1. The molecule has 2 rings (SSSR count). The normalized spacial score (nSPS) is 11.0. The second kappa shape index (κ2) is 7.45. The first-order valence-corrected chi connectivity index (χ1v) is 9.08. The number of amides is 1. The summed E-state index contributed by atoms with van der Waals surface area (Å²) in [7, 11) is -3.76. The van der Waals surface area contributed by atoms with Crippen LogP contribution in [0.15, 0.2) is 47.4 Å². The molecule has 0 saturated heterocycles. The van der Waals surface area contributed by atoms with Crippen molar-refractivity contribution in [3.8, 4) is 0 Å². The summed E-state index contributed by atoms with van der Waals surface area (Å²) in [5, 5.41) is 10.9. The standard InChI is InChI=1S/C14H11Cl2N3O3S2/c15-11-6-1-8(7-12(11)16)13(20)19-14(23)18-9-2-4-10(5-3-9)24(17,21)22/h1-7H,(H2,17,21,22)(H2,18,19,20,23). The zero-order valence-electron chi connectivity index (χ0n) is 11.9. The van der Waals surface area contributed by atoms with Crippen LogP contribution >= 0.6 is 35.4 Å². The average Bonchev–Trinajstić information content (AvgIpc) is 2.49. The van der Waals surface area contributed by atoms with E-state index in [1.54, 1.807) is 0 Å². The van der Waals surface area contributed by atoms with Crippen molar-refractivity contribution in [1.82, 2.24) is 5.32 Å². The van der Waals surface area contributed by atoms with Gasteiger partial charge in [-0.1, -0.05) is 23.2 Å². The Bertz CT molecular complexity index is 900. The van der Waals surface area contributed by atoms with Crippen LogP contribution in [0.5, 0.6) is 0 Å². The first-order chi connectivity index (χ1) is 11.2. The molecule has 6 nitrogen and oxygen atoms in total. The van der Waals surface area contributed by atoms with E-state index in [0.717, 1.165) is 0 Å². The molecule has 0 aliphatic carbocycles. The highest BCUT2D eigenvalue weighted by Crippen LogP contribution is 2.22. The third-order valence-electron chi connectivity index (χ3n) is 2.85. The molecule has 2 aromatic carbocycles. The van der Waals surface area contributed by atoms with Crippen LogP contribution in [0.1, 0.15) is 10.4 Å². The van der Waals surface area contributed by atoms with E-state index in [2.05, 4.69) is 10.6 Å². The summed E-state index contributed by atoms with van der Waals surface area (Å²) in [4.78, 5) is 12.0. The minimum absolute atomic E-state index is 0.0289. The highest BCUT2D eigenvalue weighted by atomic mass is 35.5. The Kier molecular flexibility index (Phi) is 5.79. The maximum atomic E-state index is 12.1. The van der Waals surface area contributed by atoms with Crippen LogP contribution in [0.4, 0.5) is 5.69 Å². The van der Waals surface area contributed by atoms with E-state index in [1.807, 2.05) is 0 Å². The summed E-state index contributed by atoms with van der Waals surface area (Å²) in [5.41, 5.74) is 0.778. The molecule has 126 valence electrons. The summed E-state index contributed by atoms with van der Waals surface area (Å²) in [5.74, 6) is -0.466. The maximum absolute atomic E-state index is 12.1. The molecule has 0 unspecified atom stereocenters. The van der Waals surface area contributed by atoms with Gasteiger partial charge in [0, 0.05) is 11.3 Å². The van der Waals surface area contributed by atoms with Crippen LogP contribution < -0.4 is 15.8 Å². The Morgan fingerprint density at radius 1 is 1.04 bits per heavy atom. The van der Waals surface area contributed by atoms with Gasteiger partial charge >= 0.3 is 0 Å². The number of benzene rings is 2. The molecule has 0 fully saturated rings. The summed E-state index contributed by atoms with van der Waals surface area (Å²) in [6.45, 7) is 0. The molecule has 0 aliphatic rings. The van der Waals surface area contributed by atoms with Gasteiger partial charge < -0.3 is 5.32 Å². The number of anilines is 1. The maximum Gasteiger partial charge on any atom is 0.257 e. The smallest absolute Gasteiger partial charge is 0.257 e. The Labute approximate surface area is 154 Å². The highest BCUT2D eigenvalue weighted by molar-refractivity contribution is 7.89. The number of carbonyl (C=O) groups is 1. The molecule has 2 aromatic rings. The molecule has 1 amide bonds. The second-order valence-corrected chi connectivity index (χ2v) is 7.39. The van der Waals surface area contributed by atoms with Crippen molar-refractivity contribution in [3.63, 3.8) is 0 Å². The largest absolute Gasteiger partial charge is 0.332 e. The van der Waals surface area contributed by atoms with Crippen molar-refractivity contribution >= 4 is 62.2 Å². The molecule has 0 spiro atoms. The molecule has 4 N–H and O–H groups in total. The van der Waals surface area contributed by atoms with E-state index in [1.165, 1.54) is 42.5 Å². The first kappa shape index (κ1) is 18.6. The lowest BCUT2D eigenvalue weighted by Gasteiger charge is -2.10. The van der Waals surface area contributed by atoms with Crippen LogP contribution in [0.2, 0.25) is 10.0 Å². The molecule has 0 atom stereocenters. The number of rotatable bonds is 3. The zero-order chi connectivity index (χ0) is 17.9. The Morgan fingerprint density at radius 2 is 1.67 bits per heavy atom. The molecule has 0 aromatic heterocycles. The van der Waals surface area contributed by atoms with Crippen molar-refractivity contribution in [3.05, 3.63) is 58.1 Å². The van der Waals surface area contributed by atoms with Gasteiger partial charge in [-0.3, -0.25) is 10.1 Å². The minimum Gasteiger partial charge on any atom is -0.332 e. The number of hydrogen-bond donors (Lipinski definition) is 3. The number of nitrogens with one attached hydrogen (secondary N) is 2. The van der Waals surface area contributed by atoms with Crippen molar-refractivity contribution in [1.29, 1.82) is 0 Å². The lowest BCUT2D eigenvalue weighted by atomic mass is 10.2. The fourth-order valence-electron chi connectivity index (χ4n) is 1.70. The zero-order valence-corrected chi connectivity index (χ0v) is 15.1. The summed E-state index contributed by atoms with van der Waals surface area (Å²) < 4.78 is 22.3. The second-order valence-electron chi connectivity index (χ2n) is 4.61. The molecule has 0 aliphatic heterocycles. The third-order valence-corrected chi connectivity index (χ3v) is 4.72. The van der Waals surface area contributed by atoms with Crippen molar-refractivity contribution in [2.24, 2.45) is 5.14 Å². The molecular formula is C14H11Cl2N3O3S2. The number of carbonyl (C=O) groups excluding carboxylic acids is 1. The highest BCUT2D eigenvalue weighted by Gasteiger charge is 2.11. The lowest BCUT2D eigenvalue weighted by Crippen LogP contribution is -2.34. The topological polar surface area (TPSA) is 101 Å². The third kappa shape index (κ3) is 4.89. The molecule has 0 bridgehead atoms. The van der Waals surface area contributed by atoms with Crippen LogP contribution in [0.3, 0.4) is 0 Å². The van der Waals surface area contributed by atoms with Crippen LogP contribution in [-0.4, -0.2) is 19.4 Å². The predicted octanol–water partition coefficient (Wildman–Crippen LogP) is 2.77. The SMILES string of the molecule is NS(=O)(=O)c1ccc(NC(=S)NC(=O)c2ccc(Cl)c(Cl)c2)cc1. The van der Waals surface area contributed by atoms with Gasteiger partial charge in [0.15, 0.2) is 5.11 Å². The van der Waals surface area contributed by atoms with Gasteiger partial charge in [0.25, 0.3) is 5.91 Å². The summed E-state index contributed by atoms with van der Waals surface area (Å²) >= 11 is 16.7. The molecule has 0 saturated carbocycles. The van der Waals surface area contributed by atoms with E-state index in [0.29, 0.717) is 10.7 Å². The molecule has 24 heavy (non-hydrogen) atoms. The number of nitrogens with two attached hydrogens (primary N) is 1.